The van der Waals surface area contributed by atoms with Gasteiger partial charge in [-0.3, -0.25) is 14.7 Å². The van der Waals surface area contributed by atoms with Crippen molar-refractivity contribution in [2.75, 3.05) is 39.4 Å². The molecule has 9 heteroatoms. The Morgan fingerprint density at radius 2 is 1.97 bits per heavy atom. The van der Waals surface area contributed by atoms with Crippen LogP contribution in [-0.2, 0) is 16.1 Å². The molecule has 2 aliphatic heterocycles. The molecule has 0 saturated carbocycles. The minimum absolute atomic E-state index is 0.00859. The molecule has 0 radical (unpaired) electrons. The molecule has 7 nitrogen and oxygen atoms in total. The van der Waals surface area contributed by atoms with Gasteiger partial charge < -0.3 is 19.5 Å². The highest BCUT2D eigenvalue weighted by molar-refractivity contribution is 6.32. The van der Waals surface area contributed by atoms with E-state index in [1.54, 1.807) is 11.0 Å². The number of carbonyl (C=O) groups excluding carboxylic acids is 1. The van der Waals surface area contributed by atoms with Crippen LogP contribution in [0.4, 0.5) is 4.39 Å². The number of amides is 1. The number of aliphatic hydroxyl groups is 1. The zero-order valence-corrected chi connectivity index (χ0v) is 21.1. The van der Waals surface area contributed by atoms with Crippen molar-refractivity contribution in [3.63, 3.8) is 0 Å². The highest BCUT2D eigenvalue weighted by Gasteiger charge is 2.41. The monoisotopic (exact) mass is 505 g/mol. The maximum Gasteiger partial charge on any atom is 0.225 e. The zero-order chi connectivity index (χ0) is 25.0. The number of aromatic nitrogens is 1. The van der Waals surface area contributed by atoms with Crippen molar-refractivity contribution in [3.05, 3.63) is 58.1 Å². The molecule has 1 unspecified atom stereocenters. The summed E-state index contributed by atoms with van der Waals surface area (Å²) in [6.07, 6.45) is 2.20. The van der Waals surface area contributed by atoms with E-state index in [-0.39, 0.29) is 30.9 Å². The van der Waals surface area contributed by atoms with Gasteiger partial charge in [0.05, 0.1) is 31.0 Å². The number of aryl methyl sites for hydroxylation is 2. The standard InChI is InChI=1S/C26H33ClFN3O4/c1-18-11-23(12-19(2)25(18)27)34-17-26(13-24(33)31-7-5-22(32)6-8-31)16-30(9-10-35-26)15-21-4-3-20(28)14-29-21/h3-4,11-12,14,22,32H,5-10,13,15-17H2,1-2H3. The molecule has 1 atom stereocenters. The van der Waals surface area contributed by atoms with Gasteiger partial charge in [0.2, 0.25) is 5.91 Å². The van der Waals surface area contributed by atoms with Gasteiger partial charge in [0, 0.05) is 37.7 Å². The molecule has 2 saturated heterocycles. The maximum atomic E-state index is 13.3. The molecule has 3 heterocycles. The second-order valence-electron chi connectivity index (χ2n) is 9.66. The van der Waals surface area contributed by atoms with Crippen LogP contribution in [0.5, 0.6) is 5.75 Å². The Morgan fingerprint density at radius 3 is 2.63 bits per heavy atom. The summed E-state index contributed by atoms with van der Waals surface area (Å²) >= 11 is 6.31. The Labute approximate surface area is 210 Å². The molecule has 0 spiro atoms. The summed E-state index contributed by atoms with van der Waals surface area (Å²) in [6, 6.07) is 6.85. The van der Waals surface area contributed by atoms with Crippen LogP contribution in [0.15, 0.2) is 30.5 Å². The van der Waals surface area contributed by atoms with Gasteiger partial charge in [-0.25, -0.2) is 4.39 Å². The second-order valence-corrected chi connectivity index (χ2v) is 10.0. The van der Waals surface area contributed by atoms with Gasteiger partial charge in [0.25, 0.3) is 0 Å². The second kappa shape index (κ2) is 11.2. The maximum absolute atomic E-state index is 13.3. The molecule has 190 valence electrons. The molecule has 0 bridgehead atoms. The van der Waals surface area contributed by atoms with Gasteiger partial charge in [-0.1, -0.05) is 11.6 Å². The van der Waals surface area contributed by atoms with Gasteiger partial charge in [-0.05, 0) is 62.1 Å². The number of benzene rings is 1. The van der Waals surface area contributed by atoms with Crippen molar-refractivity contribution >= 4 is 17.5 Å². The lowest BCUT2D eigenvalue weighted by Crippen LogP contribution is -2.57. The molecule has 2 fully saturated rings. The van der Waals surface area contributed by atoms with E-state index in [0.717, 1.165) is 16.8 Å². The highest BCUT2D eigenvalue weighted by Crippen LogP contribution is 2.30. The minimum atomic E-state index is -0.854. The first kappa shape index (κ1) is 25.8. The number of carbonyl (C=O) groups is 1. The van der Waals surface area contributed by atoms with E-state index in [4.69, 9.17) is 21.1 Å². The number of pyridine rings is 1. The summed E-state index contributed by atoms with van der Waals surface area (Å²) in [7, 11) is 0. The summed E-state index contributed by atoms with van der Waals surface area (Å²) < 4.78 is 25.8. The Hall–Kier alpha value is -2.26. The first-order valence-corrected chi connectivity index (χ1v) is 12.4. The number of ether oxygens (including phenoxy) is 2. The average Bonchev–Trinajstić information content (AvgIpc) is 2.83. The molecule has 2 aromatic rings. The number of morpholine rings is 1. The largest absolute Gasteiger partial charge is 0.490 e. The van der Waals surface area contributed by atoms with Crippen molar-refractivity contribution < 1.29 is 23.8 Å². The number of aliphatic hydroxyl groups excluding tert-OH is 1. The van der Waals surface area contributed by atoms with E-state index in [2.05, 4.69) is 9.88 Å². The van der Waals surface area contributed by atoms with Crippen molar-refractivity contribution in [1.29, 1.82) is 0 Å². The van der Waals surface area contributed by atoms with Crippen molar-refractivity contribution in [2.45, 2.75) is 51.4 Å². The summed E-state index contributed by atoms with van der Waals surface area (Å²) in [5.74, 6) is 0.299. The lowest BCUT2D eigenvalue weighted by Gasteiger charge is -2.43. The molecule has 35 heavy (non-hydrogen) atoms. The van der Waals surface area contributed by atoms with Crippen molar-refractivity contribution in [2.24, 2.45) is 0 Å². The first-order chi connectivity index (χ1) is 16.7. The Kier molecular flexibility index (Phi) is 8.27. The van der Waals surface area contributed by atoms with Crippen LogP contribution in [0.25, 0.3) is 0 Å². The van der Waals surface area contributed by atoms with Crippen molar-refractivity contribution in [1.82, 2.24) is 14.8 Å². The molecule has 1 aromatic heterocycles. The third-order valence-electron chi connectivity index (χ3n) is 6.70. The van der Waals surface area contributed by atoms with Crippen LogP contribution in [0, 0.1) is 19.7 Å². The molecule has 1 N–H and O–H groups in total. The van der Waals surface area contributed by atoms with E-state index in [0.29, 0.717) is 62.9 Å². The third kappa shape index (κ3) is 6.70. The predicted molar refractivity (Wildman–Crippen MR) is 131 cm³/mol. The Balaban J connectivity index is 1.51. The number of hydrogen-bond donors (Lipinski definition) is 1. The van der Waals surface area contributed by atoms with E-state index in [1.807, 2.05) is 26.0 Å². The fourth-order valence-corrected chi connectivity index (χ4v) is 4.85. The summed E-state index contributed by atoms with van der Waals surface area (Å²) in [5, 5.41) is 10.5. The SMILES string of the molecule is Cc1cc(OCC2(CC(=O)N3CCC(O)CC3)CN(Cc3ccc(F)cn3)CCO2)cc(C)c1Cl. The molecule has 0 aliphatic carbocycles. The number of halogens is 2. The summed E-state index contributed by atoms with van der Waals surface area (Å²) in [5.41, 5.74) is 1.75. The van der Waals surface area contributed by atoms with Gasteiger partial charge >= 0.3 is 0 Å². The third-order valence-corrected chi connectivity index (χ3v) is 7.30. The van der Waals surface area contributed by atoms with Gasteiger partial charge in [-0.2, -0.15) is 0 Å². The number of nitrogens with zero attached hydrogens (tertiary/aromatic N) is 3. The average molecular weight is 506 g/mol. The van der Waals surface area contributed by atoms with E-state index < -0.39 is 5.60 Å². The zero-order valence-electron chi connectivity index (χ0n) is 20.3. The van der Waals surface area contributed by atoms with Crippen molar-refractivity contribution in [3.8, 4) is 5.75 Å². The molecule has 2 aliphatic rings. The van der Waals surface area contributed by atoms with Crippen LogP contribution in [0.3, 0.4) is 0 Å². The number of piperidine rings is 1. The van der Waals surface area contributed by atoms with Crippen LogP contribution in [0.1, 0.15) is 36.1 Å². The van der Waals surface area contributed by atoms with Crippen LogP contribution in [0.2, 0.25) is 5.02 Å². The quantitative estimate of drug-likeness (QED) is 0.620. The normalized spacial score (nSPS) is 21.8. The first-order valence-electron chi connectivity index (χ1n) is 12.1. The number of hydrogen-bond acceptors (Lipinski definition) is 6. The highest BCUT2D eigenvalue weighted by atomic mass is 35.5. The van der Waals surface area contributed by atoms with Crippen LogP contribution in [-0.4, -0.2) is 76.9 Å². The van der Waals surface area contributed by atoms with E-state index in [9.17, 15) is 14.3 Å². The molecule has 4 rings (SSSR count). The molecule has 1 aromatic carbocycles. The lowest BCUT2D eigenvalue weighted by atomic mass is 9.95. The molecular formula is C26H33ClFN3O4. The number of likely N-dealkylation sites (tertiary alicyclic amines) is 1. The summed E-state index contributed by atoms with van der Waals surface area (Å²) in [6.45, 7) is 7.24. The number of rotatable bonds is 7. The van der Waals surface area contributed by atoms with E-state index >= 15 is 0 Å². The van der Waals surface area contributed by atoms with E-state index in [1.165, 1.54) is 12.3 Å². The smallest absolute Gasteiger partial charge is 0.225 e. The van der Waals surface area contributed by atoms with Gasteiger partial charge in [0.1, 0.15) is 23.8 Å². The summed E-state index contributed by atoms with van der Waals surface area (Å²) in [4.78, 5) is 21.4. The predicted octanol–water partition coefficient (Wildman–Crippen LogP) is 3.51. The minimum Gasteiger partial charge on any atom is -0.490 e. The molecular weight excluding hydrogens is 473 g/mol. The van der Waals surface area contributed by atoms with Crippen LogP contribution < -0.4 is 4.74 Å². The van der Waals surface area contributed by atoms with Gasteiger partial charge in [0.15, 0.2) is 0 Å². The fourth-order valence-electron chi connectivity index (χ4n) is 4.74. The fraction of sp³-hybridized carbons (Fsp3) is 0.538. The molecule has 1 amide bonds. The van der Waals surface area contributed by atoms with Gasteiger partial charge in [-0.15, -0.1) is 0 Å². The van der Waals surface area contributed by atoms with Crippen LogP contribution >= 0.6 is 11.6 Å². The Bertz CT molecular complexity index is 1010. The lowest BCUT2D eigenvalue weighted by molar-refractivity contribution is -0.158. The Morgan fingerprint density at radius 1 is 1.26 bits per heavy atom. The topological polar surface area (TPSA) is 75.1 Å².